The minimum atomic E-state index is -5.14. The Labute approximate surface area is 227 Å². The second-order valence-corrected chi connectivity index (χ2v) is 11.3. The molecule has 0 spiro atoms. The number of nitrogens with zero attached hydrogens (tertiary/aromatic N) is 2. The van der Waals surface area contributed by atoms with Crippen LogP contribution in [0.5, 0.6) is 0 Å². The summed E-state index contributed by atoms with van der Waals surface area (Å²) in [6.45, 7) is 0.116. The van der Waals surface area contributed by atoms with E-state index in [4.69, 9.17) is 4.74 Å². The van der Waals surface area contributed by atoms with Gasteiger partial charge in [0.1, 0.15) is 6.61 Å². The number of benzene rings is 2. The molecule has 1 heterocycles. The monoisotopic (exact) mass is 617 g/mol. The number of sulfonamides is 1. The van der Waals surface area contributed by atoms with E-state index in [0.29, 0.717) is 29.8 Å². The molecule has 2 aromatic carbocycles. The molecule has 0 unspecified atom stereocenters. The number of alkyl halides is 3. The lowest BCUT2D eigenvalue weighted by Crippen LogP contribution is -2.41. The van der Waals surface area contributed by atoms with Crippen LogP contribution >= 0.6 is 15.9 Å². The largest absolute Gasteiger partial charge is 0.471 e. The molecule has 1 fully saturated rings. The lowest BCUT2D eigenvalue weighted by atomic mass is 10.2. The molecule has 2 amide bonds. The van der Waals surface area contributed by atoms with Crippen LogP contribution < -0.4 is 9.62 Å². The first kappa shape index (κ1) is 29.7. The summed E-state index contributed by atoms with van der Waals surface area (Å²) < 4.78 is 71.5. The number of hydrogen-bond acceptors (Lipinski definition) is 5. The lowest BCUT2D eigenvalue weighted by molar-refractivity contribution is -0.170. The Bertz CT molecular complexity index is 1270. The number of hydrogen-bond donors (Lipinski definition) is 1. The van der Waals surface area contributed by atoms with Gasteiger partial charge in [0.05, 0.1) is 17.5 Å². The molecule has 13 heteroatoms. The van der Waals surface area contributed by atoms with Crippen LogP contribution in [0, 0.1) is 0 Å². The van der Waals surface area contributed by atoms with Crippen LogP contribution in [0.4, 0.5) is 23.7 Å². The Balaban J connectivity index is 1.73. The molecule has 8 nitrogen and oxygen atoms in total. The van der Waals surface area contributed by atoms with E-state index in [1.165, 1.54) is 36.2 Å². The second-order valence-electron chi connectivity index (χ2n) is 8.53. The van der Waals surface area contributed by atoms with Crippen LogP contribution in [0.3, 0.4) is 0 Å². The summed E-state index contributed by atoms with van der Waals surface area (Å²) in [7, 11) is -2.35. The molecular weight excluding hydrogens is 591 g/mol. The van der Waals surface area contributed by atoms with Crippen molar-refractivity contribution in [3.8, 4) is 0 Å². The Morgan fingerprint density at radius 2 is 1.89 bits per heavy atom. The lowest BCUT2D eigenvalue weighted by Gasteiger charge is -2.25. The Hall–Kier alpha value is -2.90. The van der Waals surface area contributed by atoms with Crippen LogP contribution in [0.1, 0.15) is 24.0 Å². The molecule has 0 saturated carbocycles. The Morgan fingerprint density at radius 1 is 1.18 bits per heavy atom. The summed E-state index contributed by atoms with van der Waals surface area (Å²) >= 11 is 3.17. The van der Waals surface area contributed by atoms with Crippen molar-refractivity contribution in [1.29, 1.82) is 0 Å². The van der Waals surface area contributed by atoms with E-state index in [0.717, 1.165) is 5.56 Å². The summed E-state index contributed by atoms with van der Waals surface area (Å²) in [6.07, 6.45) is -1.37. The maximum atomic E-state index is 13.4. The maximum absolute atomic E-state index is 13.4. The molecule has 0 aliphatic carbocycles. The van der Waals surface area contributed by atoms with E-state index >= 15 is 0 Å². The molecule has 0 aromatic heterocycles. The number of ether oxygens (including phenoxy) is 1. The predicted molar refractivity (Wildman–Crippen MR) is 140 cm³/mol. The van der Waals surface area contributed by atoms with Gasteiger partial charge in [-0.1, -0.05) is 48.6 Å². The van der Waals surface area contributed by atoms with Gasteiger partial charge in [-0.2, -0.15) is 13.2 Å². The SMILES string of the molecule is CNS(=O)(=O)Cc1ccc(N(C/C=C\[C@H]2CCCN2C(=O)OCc2ccccc2)C(=O)C(F)(F)F)c(Br)c1. The number of carbonyl (C=O) groups is 2. The maximum Gasteiger partial charge on any atom is 0.471 e. The molecule has 0 bridgehead atoms. The van der Waals surface area contributed by atoms with Gasteiger partial charge in [-0.05, 0) is 59.1 Å². The van der Waals surface area contributed by atoms with Gasteiger partial charge < -0.3 is 9.64 Å². The van der Waals surface area contributed by atoms with Crippen molar-refractivity contribution in [2.75, 3.05) is 25.0 Å². The van der Waals surface area contributed by atoms with Crippen LogP contribution in [0.25, 0.3) is 0 Å². The minimum absolute atomic E-state index is 0.0758. The molecule has 1 aliphatic heterocycles. The van der Waals surface area contributed by atoms with Crippen LogP contribution in [0.2, 0.25) is 0 Å². The summed E-state index contributed by atoms with van der Waals surface area (Å²) in [5.74, 6) is -2.46. The molecule has 3 rings (SSSR count). The van der Waals surface area contributed by atoms with E-state index in [1.54, 1.807) is 6.08 Å². The predicted octanol–water partition coefficient (Wildman–Crippen LogP) is 4.75. The zero-order valence-corrected chi connectivity index (χ0v) is 22.9. The fourth-order valence-electron chi connectivity index (χ4n) is 3.94. The highest BCUT2D eigenvalue weighted by Crippen LogP contribution is 2.31. The van der Waals surface area contributed by atoms with Gasteiger partial charge in [-0.3, -0.25) is 9.69 Å². The smallest absolute Gasteiger partial charge is 0.445 e. The third-order valence-corrected chi connectivity index (χ3v) is 7.81. The standard InChI is InChI=1S/C25H27BrF3N3O5S/c1-30-38(35,36)17-19-11-12-22(21(26)15-19)32(23(33)25(27,28)29)14-6-10-20-9-5-13-31(20)24(34)37-16-18-7-3-2-4-8-18/h2-4,6-8,10-12,15,20,30H,5,9,13-14,16-17H2,1H3/b10-6-/t20-/m1/s1. The van der Waals surface area contributed by atoms with Gasteiger partial charge in [-0.25, -0.2) is 17.9 Å². The minimum Gasteiger partial charge on any atom is -0.445 e. The van der Waals surface area contributed by atoms with Crippen molar-refractivity contribution in [3.63, 3.8) is 0 Å². The van der Waals surface area contributed by atoms with Crippen LogP contribution in [0.15, 0.2) is 65.2 Å². The number of halogens is 4. The first-order valence-corrected chi connectivity index (χ1v) is 14.1. The van der Waals surface area contributed by atoms with E-state index in [2.05, 4.69) is 20.7 Å². The number of carbonyl (C=O) groups excluding carboxylic acids is 2. The number of likely N-dealkylation sites (tertiary alicyclic amines) is 1. The molecule has 1 N–H and O–H groups in total. The van der Waals surface area contributed by atoms with Crippen molar-refractivity contribution in [2.45, 2.75) is 37.4 Å². The number of rotatable bonds is 9. The van der Waals surface area contributed by atoms with Crippen LogP contribution in [-0.2, 0) is 31.9 Å². The molecule has 0 radical (unpaired) electrons. The summed E-state index contributed by atoms with van der Waals surface area (Å²) in [5.41, 5.74) is 1.07. The average molecular weight is 618 g/mol. The average Bonchev–Trinajstić information content (AvgIpc) is 3.34. The molecule has 2 aromatic rings. The molecule has 38 heavy (non-hydrogen) atoms. The van der Waals surface area contributed by atoms with E-state index in [1.807, 2.05) is 30.3 Å². The van der Waals surface area contributed by atoms with Gasteiger partial charge in [0.15, 0.2) is 0 Å². The Morgan fingerprint density at radius 3 is 2.53 bits per heavy atom. The molecule has 1 aliphatic rings. The number of nitrogens with one attached hydrogen (secondary N) is 1. The highest BCUT2D eigenvalue weighted by Gasteiger charge is 2.43. The van der Waals surface area contributed by atoms with Crippen LogP contribution in [-0.4, -0.2) is 57.7 Å². The third-order valence-electron chi connectivity index (χ3n) is 5.84. The van der Waals surface area contributed by atoms with Gasteiger partial charge >= 0.3 is 18.2 Å². The van der Waals surface area contributed by atoms with Crippen molar-refractivity contribution < 1.29 is 35.9 Å². The molecule has 1 atom stereocenters. The van der Waals surface area contributed by atoms with Gasteiger partial charge in [-0.15, -0.1) is 0 Å². The van der Waals surface area contributed by atoms with Gasteiger partial charge in [0.2, 0.25) is 10.0 Å². The van der Waals surface area contributed by atoms with Crippen molar-refractivity contribution in [3.05, 3.63) is 76.3 Å². The third kappa shape index (κ3) is 8.05. The molecular formula is C25H27BrF3N3O5S. The van der Waals surface area contributed by atoms with E-state index in [-0.39, 0.29) is 22.5 Å². The zero-order chi connectivity index (χ0) is 27.9. The van der Waals surface area contributed by atoms with E-state index in [9.17, 15) is 31.2 Å². The normalized spacial score (nSPS) is 16.1. The Kier molecular flexibility index (Phi) is 9.96. The van der Waals surface area contributed by atoms with Crippen molar-refractivity contribution in [1.82, 2.24) is 9.62 Å². The van der Waals surface area contributed by atoms with Crippen molar-refractivity contribution >= 4 is 43.6 Å². The summed E-state index contributed by atoms with van der Waals surface area (Å²) in [5, 5.41) is 0. The van der Waals surface area contributed by atoms with Gasteiger partial charge in [0.25, 0.3) is 0 Å². The zero-order valence-electron chi connectivity index (χ0n) is 20.4. The number of amides is 2. The number of anilines is 1. The first-order chi connectivity index (χ1) is 17.9. The molecule has 1 saturated heterocycles. The highest BCUT2D eigenvalue weighted by atomic mass is 79.9. The second kappa shape index (κ2) is 12.8. The summed E-state index contributed by atoms with van der Waals surface area (Å²) in [6, 6.07) is 12.7. The fraction of sp³-hybridized carbons (Fsp3) is 0.360. The first-order valence-electron chi connectivity index (χ1n) is 11.6. The fourth-order valence-corrected chi connectivity index (χ4v) is 5.34. The van der Waals surface area contributed by atoms with Crippen molar-refractivity contribution in [2.24, 2.45) is 0 Å². The quantitative estimate of drug-likeness (QED) is 0.410. The van der Waals surface area contributed by atoms with E-state index < -0.39 is 40.8 Å². The molecule has 206 valence electrons. The highest BCUT2D eigenvalue weighted by molar-refractivity contribution is 9.10. The summed E-state index contributed by atoms with van der Waals surface area (Å²) in [4.78, 5) is 26.9. The van der Waals surface area contributed by atoms with Gasteiger partial charge in [0, 0.05) is 17.6 Å². The topological polar surface area (TPSA) is 96.0 Å².